The van der Waals surface area contributed by atoms with E-state index in [1.165, 1.54) is 12.1 Å². The second-order valence-corrected chi connectivity index (χ2v) is 5.72. The van der Waals surface area contributed by atoms with Crippen molar-refractivity contribution in [2.24, 2.45) is 5.73 Å². The summed E-state index contributed by atoms with van der Waals surface area (Å²) in [6.45, 7) is 2.05. The first-order valence-corrected chi connectivity index (χ1v) is 7.68. The van der Waals surface area contributed by atoms with Gasteiger partial charge in [-0.3, -0.25) is 4.40 Å². The molecule has 2 N–H and O–H groups in total. The van der Waals surface area contributed by atoms with Crippen LogP contribution in [0.1, 0.15) is 19.0 Å². The van der Waals surface area contributed by atoms with Crippen LogP contribution in [0.25, 0.3) is 4.96 Å². The van der Waals surface area contributed by atoms with Gasteiger partial charge in [-0.15, -0.1) is 11.3 Å². The molecular weight excluding hydrogens is 289 g/mol. The van der Waals surface area contributed by atoms with E-state index in [2.05, 4.69) is 11.9 Å². The highest BCUT2D eigenvalue weighted by molar-refractivity contribution is 7.15. The maximum absolute atomic E-state index is 13.0. The summed E-state index contributed by atoms with van der Waals surface area (Å²) in [4.78, 5) is 5.35. The van der Waals surface area contributed by atoms with Crippen LogP contribution >= 0.6 is 11.3 Å². The van der Waals surface area contributed by atoms with Gasteiger partial charge in [-0.2, -0.15) is 4.98 Å². The molecule has 2 aromatic heterocycles. The van der Waals surface area contributed by atoms with Gasteiger partial charge in [0.15, 0.2) is 4.96 Å². The van der Waals surface area contributed by atoms with E-state index in [-0.39, 0.29) is 11.9 Å². The molecule has 110 valence electrons. The number of nitrogens with zero attached hydrogens (tertiary/aromatic N) is 2. The van der Waals surface area contributed by atoms with Crippen molar-refractivity contribution in [2.75, 3.05) is 0 Å². The first-order valence-electron chi connectivity index (χ1n) is 6.80. The van der Waals surface area contributed by atoms with E-state index in [0.29, 0.717) is 18.1 Å². The van der Waals surface area contributed by atoms with Gasteiger partial charge < -0.3 is 10.5 Å². The van der Waals surface area contributed by atoms with Gasteiger partial charge in [0.1, 0.15) is 11.6 Å². The van der Waals surface area contributed by atoms with Crippen LogP contribution in [-0.2, 0) is 6.42 Å². The Morgan fingerprint density at radius 2 is 2.14 bits per heavy atom. The maximum atomic E-state index is 13.0. The van der Waals surface area contributed by atoms with E-state index in [1.807, 2.05) is 16.0 Å². The van der Waals surface area contributed by atoms with Crippen LogP contribution in [0, 0.1) is 5.82 Å². The molecule has 0 bridgehead atoms. The fraction of sp³-hybridized carbons (Fsp3) is 0.267. The molecule has 0 aliphatic carbocycles. The molecule has 0 amide bonds. The van der Waals surface area contributed by atoms with Crippen molar-refractivity contribution in [3.8, 4) is 11.6 Å². The molecule has 0 fully saturated rings. The summed E-state index contributed by atoms with van der Waals surface area (Å²) in [6.07, 6.45) is 3.53. The molecule has 2 heterocycles. The molecule has 6 heteroatoms. The van der Waals surface area contributed by atoms with Crippen molar-refractivity contribution in [3.05, 3.63) is 47.4 Å². The number of rotatable bonds is 5. The lowest BCUT2D eigenvalue weighted by Gasteiger charge is -2.10. The number of hydrogen-bond acceptors (Lipinski definition) is 4. The molecule has 3 rings (SSSR count). The van der Waals surface area contributed by atoms with Gasteiger partial charge >= 0.3 is 0 Å². The molecule has 1 aromatic carbocycles. The van der Waals surface area contributed by atoms with E-state index in [1.54, 1.807) is 23.5 Å². The standard InChI is InChI=1S/C15H16FN3OS/c1-2-11(17)9-13-14(18-15-19(13)7-8-21-15)20-12-5-3-10(16)4-6-12/h3-8,11H,2,9,17H2,1H3. The number of aromatic nitrogens is 2. The Balaban J connectivity index is 1.94. The molecule has 0 aliphatic rings. The summed E-state index contributed by atoms with van der Waals surface area (Å²) in [7, 11) is 0. The zero-order chi connectivity index (χ0) is 14.8. The molecule has 0 saturated heterocycles. The minimum absolute atomic E-state index is 0.0559. The van der Waals surface area contributed by atoms with E-state index < -0.39 is 0 Å². The number of halogens is 1. The van der Waals surface area contributed by atoms with Crippen LogP contribution in [0.5, 0.6) is 11.6 Å². The molecule has 0 radical (unpaired) electrons. The molecule has 21 heavy (non-hydrogen) atoms. The number of benzene rings is 1. The summed E-state index contributed by atoms with van der Waals surface area (Å²) in [5.41, 5.74) is 7.01. The van der Waals surface area contributed by atoms with Crippen molar-refractivity contribution >= 4 is 16.3 Å². The quantitative estimate of drug-likeness (QED) is 0.783. The summed E-state index contributed by atoms with van der Waals surface area (Å²) in [5.74, 6) is 0.812. The highest BCUT2D eigenvalue weighted by atomic mass is 32.1. The maximum Gasteiger partial charge on any atom is 0.242 e. The predicted octanol–water partition coefficient (Wildman–Crippen LogP) is 3.61. The fourth-order valence-electron chi connectivity index (χ4n) is 2.09. The molecule has 1 unspecified atom stereocenters. The van der Waals surface area contributed by atoms with Gasteiger partial charge in [-0.1, -0.05) is 6.92 Å². The number of ether oxygens (including phenoxy) is 1. The largest absolute Gasteiger partial charge is 0.437 e. The Labute approximate surface area is 126 Å². The van der Waals surface area contributed by atoms with Crippen LogP contribution in [0.3, 0.4) is 0 Å². The van der Waals surface area contributed by atoms with Crippen molar-refractivity contribution in [3.63, 3.8) is 0 Å². The van der Waals surface area contributed by atoms with Gasteiger partial charge in [0.25, 0.3) is 0 Å². The first kappa shape index (κ1) is 14.0. The number of thiazole rings is 1. The van der Waals surface area contributed by atoms with Crippen LogP contribution < -0.4 is 10.5 Å². The lowest BCUT2D eigenvalue weighted by Crippen LogP contribution is -2.22. The smallest absolute Gasteiger partial charge is 0.242 e. The molecule has 0 aliphatic heterocycles. The molecular formula is C15H16FN3OS. The fourth-order valence-corrected chi connectivity index (χ4v) is 2.81. The average Bonchev–Trinajstić information content (AvgIpc) is 3.04. The summed E-state index contributed by atoms with van der Waals surface area (Å²) in [5, 5.41) is 1.98. The predicted molar refractivity (Wildman–Crippen MR) is 81.5 cm³/mol. The van der Waals surface area contributed by atoms with Crippen LogP contribution in [0.2, 0.25) is 0 Å². The van der Waals surface area contributed by atoms with Gasteiger partial charge in [-0.05, 0) is 30.7 Å². The third-order valence-electron chi connectivity index (χ3n) is 3.33. The Hall–Kier alpha value is -1.92. The summed E-state index contributed by atoms with van der Waals surface area (Å²) >= 11 is 1.54. The first-order chi connectivity index (χ1) is 10.2. The van der Waals surface area contributed by atoms with Crippen molar-refractivity contribution < 1.29 is 9.13 Å². The number of imidazole rings is 1. The minimum Gasteiger partial charge on any atom is -0.437 e. The van der Waals surface area contributed by atoms with E-state index >= 15 is 0 Å². The van der Waals surface area contributed by atoms with Crippen LogP contribution in [-0.4, -0.2) is 15.4 Å². The third-order valence-corrected chi connectivity index (χ3v) is 4.09. The summed E-state index contributed by atoms with van der Waals surface area (Å²) < 4.78 is 20.8. The molecule has 4 nitrogen and oxygen atoms in total. The molecule has 0 saturated carbocycles. The van der Waals surface area contributed by atoms with Gasteiger partial charge in [0.05, 0.1) is 5.69 Å². The highest BCUT2D eigenvalue weighted by Gasteiger charge is 2.17. The third kappa shape index (κ3) is 2.91. The SMILES string of the molecule is CCC(N)Cc1c(Oc2ccc(F)cc2)nc2sccn12. The number of hydrogen-bond donors (Lipinski definition) is 1. The Bertz CT molecular complexity index is 735. The Morgan fingerprint density at radius 1 is 1.38 bits per heavy atom. The second-order valence-electron chi connectivity index (χ2n) is 4.85. The van der Waals surface area contributed by atoms with E-state index in [0.717, 1.165) is 17.1 Å². The average molecular weight is 305 g/mol. The molecule has 1 atom stereocenters. The number of nitrogens with two attached hydrogens (primary N) is 1. The normalized spacial score (nSPS) is 12.7. The van der Waals surface area contributed by atoms with Gasteiger partial charge in [-0.25, -0.2) is 4.39 Å². The van der Waals surface area contributed by atoms with Crippen molar-refractivity contribution in [1.29, 1.82) is 0 Å². The molecule has 0 spiro atoms. The monoisotopic (exact) mass is 305 g/mol. The number of fused-ring (bicyclic) bond motifs is 1. The van der Waals surface area contributed by atoms with Gasteiger partial charge in [0.2, 0.25) is 5.88 Å². The Kier molecular flexibility index (Phi) is 3.90. The lowest BCUT2D eigenvalue weighted by molar-refractivity contribution is 0.453. The summed E-state index contributed by atoms with van der Waals surface area (Å²) in [6, 6.07) is 5.97. The minimum atomic E-state index is -0.290. The second kappa shape index (κ2) is 5.83. The van der Waals surface area contributed by atoms with Crippen LogP contribution in [0.15, 0.2) is 35.8 Å². The van der Waals surface area contributed by atoms with Crippen molar-refractivity contribution in [2.45, 2.75) is 25.8 Å². The highest BCUT2D eigenvalue weighted by Crippen LogP contribution is 2.29. The van der Waals surface area contributed by atoms with Crippen molar-refractivity contribution in [1.82, 2.24) is 9.38 Å². The van der Waals surface area contributed by atoms with Crippen LogP contribution in [0.4, 0.5) is 4.39 Å². The lowest BCUT2D eigenvalue weighted by atomic mass is 10.1. The topological polar surface area (TPSA) is 52.5 Å². The Morgan fingerprint density at radius 3 is 2.86 bits per heavy atom. The van der Waals surface area contributed by atoms with E-state index in [4.69, 9.17) is 10.5 Å². The zero-order valence-electron chi connectivity index (χ0n) is 11.6. The molecule has 3 aromatic rings. The zero-order valence-corrected chi connectivity index (χ0v) is 12.4. The van der Waals surface area contributed by atoms with Gasteiger partial charge in [0, 0.05) is 24.0 Å². The van der Waals surface area contributed by atoms with E-state index in [9.17, 15) is 4.39 Å².